The van der Waals surface area contributed by atoms with Crippen molar-refractivity contribution >= 4 is 23.3 Å². The first-order valence-electron chi connectivity index (χ1n) is 11.8. The van der Waals surface area contributed by atoms with E-state index in [0.717, 1.165) is 24.8 Å². The van der Waals surface area contributed by atoms with Crippen molar-refractivity contribution in [2.75, 3.05) is 6.61 Å². The predicted molar refractivity (Wildman–Crippen MR) is 130 cm³/mol. The van der Waals surface area contributed by atoms with Gasteiger partial charge in [0.25, 0.3) is 0 Å². The van der Waals surface area contributed by atoms with Crippen molar-refractivity contribution in [2.24, 2.45) is 0 Å². The Morgan fingerprint density at radius 2 is 1.74 bits per heavy atom. The molecule has 0 saturated carbocycles. The number of nitrogens with zero attached hydrogens (tertiary/aromatic N) is 2. The lowest BCUT2D eigenvalue weighted by Gasteiger charge is -2.44. The lowest BCUT2D eigenvalue weighted by Crippen LogP contribution is -2.52. The van der Waals surface area contributed by atoms with E-state index in [1.807, 2.05) is 35.2 Å². The molecule has 4 nitrogen and oxygen atoms in total. The summed E-state index contributed by atoms with van der Waals surface area (Å²) in [6.07, 6.45) is 6.56. The topological polar surface area (TPSA) is 42.4 Å². The Balaban J connectivity index is 1.23. The van der Waals surface area contributed by atoms with Crippen LogP contribution in [0.4, 0.5) is 9.18 Å². The van der Waals surface area contributed by atoms with Crippen LogP contribution in [0.3, 0.4) is 0 Å². The highest BCUT2D eigenvalue weighted by atomic mass is 35.5. The van der Waals surface area contributed by atoms with Gasteiger partial charge in [-0.2, -0.15) is 0 Å². The van der Waals surface area contributed by atoms with Gasteiger partial charge in [-0.3, -0.25) is 4.90 Å². The molecular weight excluding hydrogens is 451 g/mol. The molecule has 6 heteroatoms. The second-order valence-corrected chi connectivity index (χ2v) is 9.58. The molecule has 3 aliphatic rings. The maximum atomic E-state index is 14.6. The minimum Gasteiger partial charge on any atom is -0.448 e. The number of carbonyl (C=O) groups is 1. The number of piperidine rings is 1. The third-order valence-electron chi connectivity index (χ3n) is 7.38. The molecular formula is C28H24ClFN2O2. The normalized spacial score (nSPS) is 21.0. The number of ether oxygens (including phenoxy) is 1. The number of pyridine rings is 1. The highest BCUT2D eigenvalue weighted by Crippen LogP contribution is 2.45. The highest BCUT2D eigenvalue weighted by Gasteiger charge is 2.39. The van der Waals surface area contributed by atoms with Gasteiger partial charge in [-0.05, 0) is 59.6 Å². The molecule has 3 aromatic rings. The molecule has 1 fully saturated rings. The minimum absolute atomic E-state index is 0.0132. The van der Waals surface area contributed by atoms with Gasteiger partial charge in [0, 0.05) is 23.7 Å². The van der Waals surface area contributed by atoms with E-state index in [1.54, 1.807) is 6.07 Å². The molecule has 6 rings (SSSR count). The Morgan fingerprint density at radius 3 is 2.44 bits per heavy atom. The number of fused-ring (bicyclic) bond motifs is 5. The van der Waals surface area contributed by atoms with Gasteiger partial charge in [0.1, 0.15) is 6.61 Å². The molecule has 34 heavy (non-hydrogen) atoms. The Morgan fingerprint density at radius 1 is 1.03 bits per heavy atom. The van der Waals surface area contributed by atoms with Crippen molar-refractivity contribution in [2.45, 2.75) is 43.7 Å². The molecule has 0 spiro atoms. The zero-order valence-corrected chi connectivity index (χ0v) is 19.3. The van der Waals surface area contributed by atoms with E-state index in [1.165, 1.54) is 28.5 Å². The fourth-order valence-electron chi connectivity index (χ4n) is 5.85. The molecule has 172 valence electrons. The van der Waals surface area contributed by atoms with Gasteiger partial charge in [0.15, 0.2) is 11.0 Å². The van der Waals surface area contributed by atoms with Crippen LogP contribution >= 0.6 is 11.6 Å². The summed E-state index contributed by atoms with van der Waals surface area (Å²) in [7, 11) is 0. The average molecular weight is 475 g/mol. The van der Waals surface area contributed by atoms with E-state index in [4.69, 9.17) is 16.3 Å². The van der Waals surface area contributed by atoms with Crippen LogP contribution in [0.2, 0.25) is 5.15 Å². The molecule has 1 aliphatic carbocycles. The number of amides is 1. The molecule has 3 heterocycles. The Labute approximate surface area is 203 Å². The highest BCUT2D eigenvalue weighted by molar-refractivity contribution is 6.29. The smallest absolute Gasteiger partial charge is 0.410 e. The molecule has 2 bridgehead atoms. The first kappa shape index (κ1) is 21.4. The van der Waals surface area contributed by atoms with Gasteiger partial charge in [-0.15, -0.1) is 0 Å². The van der Waals surface area contributed by atoms with Gasteiger partial charge in [-0.1, -0.05) is 66.2 Å². The van der Waals surface area contributed by atoms with Crippen LogP contribution in [0.5, 0.6) is 0 Å². The van der Waals surface area contributed by atoms with Crippen molar-refractivity contribution in [3.8, 4) is 11.1 Å². The van der Waals surface area contributed by atoms with Crippen molar-refractivity contribution in [1.29, 1.82) is 0 Å². The molecule has 1 aromatic heterocycles. The fraction of sp³-hybridized carbons (Fsp3) is 0.286. The SMILES string of the molecule is O=C(OCC1c2ccccc2-c2ccccc21)N1C2C=C(c3ccnc(Cl)c3F)CC1CCC2. The molecule has 2 unspecified atom stereocenters. The third-order valence-corrected chi connectivity index (χ3v) is 7.64. The summed E-state index contributed by atoms with van der Waals surface area (Å²) in [5.74, 6) is -0.469. The second-order valence-electron chi connectivity index (χ2n) is 9.22. The Hall–Kier alpha value is -3.18. The summed E-state index contributed by atoms with van der Waals surface area (Å²) in [5.41, 5.74) is 6.17. The standard InChI is InChI=1S/C28H24ClFN2O2/c29-27-26(30)20(12-13-31-27)17-14-18-6-5-7-19(15-17)32(18)28(33)34-16-25-23-10-3-1-8-21(23)22-9-2-4-11-24(22)25/h1-4,8-14,18-19,25H,5-7,15-16H2. The minimum atomic E-state index is -0.497. The van der Waals surface area contributed by atoms with Crippen molar-refractivity contribution in [3.63, 3.8) is 0 Å². The molecule has 2 atom stereocenters. The van der Waals surface area contributed by atoms with Crippen molar-refractivity contribution in [3.05, 3.63) is 94.5 Å². The van der Waals surface area contributed by atoms with E-state index >= 15 is 0 Å². The molecule has 0 N–H and O–H groups in total. The average Bonchev–Trinajstić information content (AvgIpc) is 3.17. The van der Waals surface area contributed by atoms with E-state index < -0.39 is 5.82 Å². The molecule has 2 aliphatic heterocycles. The van der Waals surface area contributed by atoms with E-state index in [0.29, 0.717) is 18.6 Å². The summed E-state index contributed by atoms with van der Waals surface area (Å²) in [6, 6.07) is 18.2. The number of halogens is 2. The Kier molecular flexibility index (Phi) is 5.37. The van der Waals surface area contributed by atoms with Crippen molar-refractivity contribution in [1.82, 2.24) is 9.88 Å². The maximum Gasteiger partial charge on any atom is 0.410 e. The monoisotopic (exact) mass is 474 g/mol. The van der Waals surface area contributed by atoms with E-state index in [2.05, 4.69) is 29.2 Å². The van der Waals surface area contributed by atoms with Gasteiger partial charge in [-0.25, -0.2) is 14.2 Å². The first-order chi connectivity index (χ1) is 16.6. The van der Waals surface area contributed by atoms with Crippen LogP contribution in [-0.4, -0.2) is 34.7 Å². The number of aromatic nitrogens is 1. The van der Waals surface area contributed by atoms with Crippen LogP contribution in [0.25, 0.3) is 16.7 Å². The summed E-state index contributed by atoms with van der Waals surface area (Å²) >= 11 is 5.91. The number of hydrogen-bond donors (Lipinski definition) is 0. The fourth-order valence-corrected chi connectivity index (χ4v) is 6.01. The second kappa shape index (κ2) is 8.55. The maximum absolute atomic E-state index is 14.6. The predicted octanol–water partition coefficient (Wildman–Crippen LogP) is 6.83. The van der Waals surface area contributed by atoms with Crippen LogP contribution < -0.4 is 0 Å². The number of rotatable bonds is 3. The lowest BCUT2D eigenvalue weighted by atomic mass is 9.83. The van der Waals surface area contributed by atoms with E-state index in [-0.39, 0.29) is 29.2 Å². The molecule has 1 saturated heterocycles. The zero-order chi connectivity index (χ0) is 23.2. The molecule has 2 aromatic carbocycles. The van der Waals surface area contributed by atoms with Crippen LogP contribution in [0.1, 0.15) is 48.3 Å². The number of benzene rings is 2. The summed E-state index contributed by atoms with van der Waals surface area (Å²) in [6.45, 7) is 0.300. The van der Waals surface area contributed by atoms with Crippen LogP contribution in [0.15, 0.2) is 66.9 Å². The van der Waals surface area contributed by atoms with Gasteiger partial charge in [0.2, 0.25) is 0 Å². The quantitative estimate of drug-likeness (QED) is 0.390. The molecule has 0 radical (unpaired) electrons. The van der Waals surface area contributed by atoms with E-state index in [9.17, 15) is 9.18 Å². The molecule has 1 amide bonds. The summed E-state index contributed by atoms with van der Waals surface area (Å²) < 4.78 is 20.6. The lowest BCUT2D eigenvalue weighted by molar-refractivity contribution is 0.0538. The largest absolute Gasteiger partial charge is 0.448 e. The Bertz CT molecular complexity index is 1260. The summed E-state index contributed by atoms with van der Waals surface area (Å²) in [5, 5.41) is -0.123. The zero-order valence-electron chi connectivity index (χ0n) is 18.6. The summed E-state index contributed by atoms with van der Waals surface area (Å²) in [4.78, 5) is 19.0. The third kappa shape index (κ3) is 3.50. The van der Waals surface area contributed by atoms with Gasteiger partial charge < -0.3 is 4.74 Å². The first-order valence-corrected chi connectivity index (χ1v) is 12.1. The van der Waals surface area contributed by atoms with Crippen LogP contribution in [0, 0.1) is 5.82 Å². The van der Waals surface area contributed by atoms with Crippen molar-refractivity contribution < 1.29 is 13.9 Å². The number of hydrogen-bond acceptors (Lipinski definition) is 3. The van der Waals surface area contributed by atoms with Gasteiger partial charge in [0.05, 0.1) is 6.04 Å². The van der Waals surface area contributed by atoms with Crippen LogP contribution in [-0.2, 0) is 4.74 Å². The van der Waals surface area contributed by atoms with Gasteiger partial charge >= 0.3 is 6.09 Å². The number of carbonyl (C=O) groups excluding carboxylic acids is 1.